The van der Waals surface area contributed by atoms with E-state index in [1.807, 2.05) is 24.3 Å². The van der Waals surface area contributed by atoms with E-state index in [0.29, 0.717) is 12.2 Å². The highest BCUT2D eigenvalue weighted by Gasteiger charge is 2.48. The first kappa shape index (κ1) is 19.2. The van der Waals surface area contributed by atoms with Crippen molar-refractivity contribution in [1.29, 1.82) is 0 Å². The molecule has 1 N–H and O–H groups in total. The van der Waals surface area contributed by atoms with E-state index in [2.05, 4.69) is 10.4 Å². The van der Waals surface area contributed by atoms with E-state index >= 15 is 0 Å². The molecule has 4 rings (SSSR count). The summed E-state index contributed by atoms with van der Waals surface area (Å²) in [5, 5.41) is 7.03. The normalized spacial score (nSPS) is 18.4. The molecular weight excluding hydrogens is 391 g/mol. The number of carbonyl (C=O) groups excluding carboxylic acids is 2. The number of halogens is 1. The van der Waals surface area contributed by atoms with Crippen molar-refractivity contribution in [2.75, 3.05) is 17.3 Å². The van der Waals surface area contributed by atoms with Gasteiger partial charge in [-0.2, -0.15) is 5.10 Å². The first-order valence-corrected chi connectivity index (χ1v) is 9.83. The quantitative estimate of drug-likeness (QED) is 0.668. The molecule has 1 aliphatic heterocycles. The maximum absolute atomic E-state index is 13.0. The fourth-order valence-corrected chi connectivity index (χ4v) is 4.46. The monoisotopic (exact) mass is 410 g/mol. The number of nitrogens with zero attached hydrogens (tertiary/aromatic N) is 3. The summed E-state index contributed by atoms with van der Waals surface area (Å²) in [7, 11) is 1.67. The smallest absolute Gasteiger partial charge is 0.252 e. The van der Waals surface area contributed by atoms with Crippen molar-refractivity contribution in [3.8, 4) is 0 Å². The average Bonchev–Trinajstić information content (AvgIpc) is 3.15. The molecule has 148 valence electrons. The van der Waals surface area contributed by atoms with Crippen molar-refractivity contribution in [2.45, 2.75) is 23.1 Å². The number of benzene rings is 2. The highest BCUT2D eigenvalue weighted by atomic mass is 32.2. The minimum absolute atomic E-state index is 0.280. The highest BCUT2D eigenvalue weighted by molar-refractivity contribution is 8.02. The summed E-state index contributed by atoms with van der Waals surface area (Å²) in [6.45, 7) is 2.07. The van der Waals surface area contributed by atoms with Gasteiger partial charge in [0.2, 0.25) is 5.91 Å². The summed E-state index contributed by atoms with van der Waals surface area (Å²) in [4.78, 5) is 28.3. The van der Waals surface area contributed by atoms with Crippen LogP contribution in [0.3, 0.4) is 0 Å². The van der Waals surface area contributed by atoms with Crippen molar-refractivity contribution in [2.24, 2.45) is 0 Å². The number of anilines is 2. The van der Waals surface area contributed by atoms with E-state index in [0.717, 1.165) is 16.1 Å². The van der Waals surface area contributed by atoms with E-state index in [9.17, 15) is 14.0 Å². The maximum Gasteiger partial charge on any atom is 0.252 e. The average molecular weight is 410 g/mol. The lowest BCUT2D eigenvalue weighted by molar-refractivity contribution is -0.128. The number of hydrogen-bond donors (Lipinski definition) is 1. The molecule has 0 aliphatic carbocycles. The van der Waals surface area contributed by atoms with Gasteiger partial charge in [-0.1, -0.05) is 36.0 Å². The molecule has 2 aromatic carbocycles. The van der Waals surface area contributed by atoms with E-state index in [1.54, 1.807) is 37.0 Å². The van der Waals surface area contributed by atoms with Crippen LogP contribution in [0.1, 0.15) is 12.5 Å². The van der Waals surface area contributed by atoms with Crippen LogP contribution in [0.5, 0.6) is 0 Å². The fraction of sp³-hybridized carbons (Fsp3) is 0.190. The van der Waals surface area contributed by atoms with Crippen LogP contribution in [0.25, 0.3) is 0 Å². The molecular formula is C21H19FN4O2S. The molecule has 0 bridgehead atoms. The predicted octanol–water partition coefficient (Wildman–Crippen LogP) is 3.54. The van der Waals surface area contributed by atoms with Gasteiger partial charge in [0.05, 0.1) is 24.1 Å². The molecule has 0 fully saturated rings. The number of hydrogen-bond acceptors (Lipinski definition) is 4. The summed E-state index contributed by atoms with van der Waals surface area (Å²) in [5.41, 5.74) is 2.17. The number of amides is 2. The Balaban J connectivity index is 1.50. The van der Waals surface area contributed by atoms with Gasteiger partial charge in [0.1, 0.15) is 5.82 Å². The Hall–Kier alpha value is -3.13. The number of para-hydroxylation sites is 1. The van der Waals surface area contributed by atoms with Crippen LogP contribution in [-0.2, 0) is 16.1 Å². The Morgan fingerprint density at radius 1 is 1.21 bits per heavy atom. The first-order valence-electron chi connectivity index (χ1n) is 9.01. The molecule has 0 spiro atoms. The van der Waals surface area contributed by atoms with Crippen molar-refractivity contribution >= 4 is 35.0 Å². The van der Waals surface area contributed by atoms with Gasteiger partial charge in [-0.15, -0.1) is 0 Å². The molecule has 6 nitrogen and oxygen atoms in total. The SMILES string of the molecule is CN1C(=O)C(C)(C(=O)Nc2cnn(Cc3ccc(F)cc3)c2)Sc2ccccc21. The van der Waals surface area contributed by atoms with Crippen LogP contribution < -0.4 is 10.2 Å². The minimum atomic E-state index is -1.29. The van der Waals surface area contributed by atoms with Gasteiger partial charge in [-0.3, -0.25) is 14.3 Å². The van der Waals surface area contributed by atoms with E-state index in [1.165, 1.54) is 35.0 Å². The van der Waals surface area contributed by atoms with Gasteiger partial charge in [-0.25, -0.2) is 4.39 Å². The summed E-state index contributed by atoms with van der Waals surface area (Å²) in [6.07, 6.45) is 3.21. The molecule has 0 saturated heterocycles. The maximum atomic E-state index is 13.0. The third-order valence-corrected chi connectivity index (χ3v) is 6.17. The van der Waals surface area contributed by atoms with Gasteiger partial charge in [0.15, 0.2) is 4.75 Å². The van der Waals surface area contributed by atoms with Crippen LogP contribution in [0.4, 0.5) is 15.8 Å². The Labute approximate surface area is 171 Å². The molecule has 0 radical (unpaired) electrons. The van der Waals surface area contributed by atoms with Gasteiger partial charge >= 0.3 is 0 Å². The van der Waals surface area contributed by atoms with Gasteiger partial charge in [0.25, 0.3) is 5.91 Å². The molecule has 3 aromatic rings. The second-order valence-electron chi connectivity index (χ2n) is 6.97. The lowest BCUT2D eigenvalue weighted by atomic mass is 10.1. The largest absolute Gasteiger partial charge is 0.322 e. The van der Waals surface area contributed by atoms with Gasteiger partial charge < -0.3 is 10.2 Å². The summed E-state index contributed by atoms with van der Waals surface area (Å²) in [6, 6.07) is 13.6. The molecule has 1 unspecified atom stereocenters. The Morgan fingerprint density at radius 2 is 1.93 bits per heavy atom. The number of thioether (sulfide) groups is 1. The number of fused-ring (bicyclic) bond motifs is 1. The Kier molecular flexibility index (Phi) is 4.87. The summed E-state index contributed by atoms with van der Waals surface area (Å²) in [5.74, 6) is -0.982. The zero-order chi connectivity index (χ0) is 20.6. The number of aromatic nitrogens is 2. The van der Waals surface area contributed by atoms with Gasteiger partial charge in [-0.05, 0) is 36.8 Å². The Bertz CT molecular complexity index is 1080. The number of carbonyl (C=O) groups is 2. The molecule has 29 heavy (non-hydrogen) atoms. The molecule has 1 atom stereocenters. The molecule has 8 heteroatoms. The standard InChI is InChI=1S/C21H19FN4O2S/c1-21(20(28)25(2)17-5-3-4-6-18(17)29-21)19(27)24-16-11-23-26(13-16)12-14-7-9-15(22)10-8-14/h3-11,13H,12H2,1-2H3,(H,24,27). The van der Waals surface area contributed by atoms with Crippen molar-refractivity contribution < 1.29 is 14.0 Å². The van der Waals surface area contributed by atoms with E-state index in [-0.39, 0.29) is 11.7 Å². The first-order chi connectivity index (χ1) is 13.9. The van der Waals surface area contributed by atoms with Crippen molar-refractivity contribution in [1.82, 2.24) is 9.78 Å². The highest BCUT2D eigenvalue weighted by Crippen LogP contribution is 2.45. The van der Waals surface area contributed by atoms with E-state index < -0.39 is 10.7 Å². The zero-order valence-electron chi connectivity index (χ0n) is 15.9. The second kappa shape index (κ2) is 7.36. The topological polar surface area (TPSA) is 67.2 Å². The molecule has 1 aliphatic rings. The summed E-state index contributed by atoms with van der Waals surface area (Å²) < 4.78 is 13.4. The molecule has 0 saturated carbocycles. The Morgan fingerprint density at radius 3 is 2.69 bits per heavy atom. The van der Waals surface area contributed by atoms with Crippen LogP contribution in [0, 0.1) is 5.82 Å². The molecule has 2 amide bonds. The number of rotatable bonds is 4. The van der Waals surface area contributed by atoms with Crippen LogP contribution in [0.15, 0.2) is 65.8 Å². The van der Waals surface area contributed by atoms with Crippen molar-refractivity contribution in [3.05, 3.63) is 72.3 Å². The lowest BCUT2D eigenvalue weighted by Crippen LogP contribution is -2.53. The third kappa shape index (κ3) is 3.63. The van der Waals surface area contributed by atoms with Crippen molar-refractivity contribution in [3.63, 3.8) is 0 Å². The predicted molar refractivity (Wildman–Crippen MR) is 110 cm³/mol. The zero-order valence-corrected chi connectivity index (χ0v) is 16.7. The van der Waals surface area contributed by atoms with E-state index in [4.69, 9.17) is 0 Å². The molecule has 1 aromatic heterocycles. The molecule has 2 heterocycles. The third-order valence-electron chi connectivity index (χ3n) is 4.84. The van der Waals surface area contributed by atoms with Crippen LogP contribution in [-0.4, -0.2) is 33.4 Å². The number of nitrogens with one attached hydrogen (secondary N) is 1. The lowest BCUT2D eigenvalue weighted by Gasteiger charge is -2.36. The summed E-state index contributed by atoms with van der Waals surface area (Å²) >= 11 is 1.24. The van der Waals surface area contributed by atoms with Gasteiger partial charge in [0, 0.05) is 18.1 Å². The van der Waals surface area contributed by atoms with Crippen LogP contribution >= 0.6 is 11.8 Å². The minimum Gasteiger partial charge on any atom is -0.322 e. The second-order valence-corrected chi connectivity index (χ2v) is 8.43. The van der Waals surface area contributed by atoms with Crippen LogP contribution in [0.2, 0.25) is 0 Å². The fourth-order valence-electron chi connectivity index (χ4n) is 3.20.